The van der Waals surface area contributed by atoms with Gasteiger partial charge in [0.1, 0.15) is 11.1 Å². The Labute approximate surface area is 168 Å². The highest BCUT2D eigenvalue weighted by atomic mass is 32.2. The van der Waals surface area contributed by atoms with Crippen LogP contribution in [0.4, 0.5) is 5.88 Å². The summed E-state index contributed by atoms with van der Waals surface area (Å²) in [5.41, 5.74) is 1.38. The summed E-state index contributed by atoms with van der Waals surface area (Å²) in [6.45, 7) is 6.05. The van der Waals surface area contributed by atoms with Gasteiger partial charge < -0.3 is 5.11 Å². The average molecular weight is 401 g/mol. The molecular weight excluding hydrogens is 376 g/mol. The first kappa shape index (κ1) is 20.1. The molecule has 0 spiro atoms. The molecule has 9 heteroatoms. The van der Waals surface area contributed by atoms with Gasteiger partial charge in [-0.15, -0.1) is 0 Å². The second-order valence-electron chi connectivity index (χ2n) is 7.13. The maximum Gasteiger partial charge on any atom is 0.324 e. The average Bonchev–Trinajstić information content (AvgIpc) is 3.15. The Kier molecular flexibility index (Phi) is 6.87. The summed E-state index contributed by atoms with van der Waals surface area (Å²) in [4.78, 5) is 10.1. The fraction of sp³-hybridized carbons (Fsp3) is 0.526. The molecule has 0 saturated carbocycles. The molecule has 148 valence electrons. The topological polar surface area (TPSA) is 105 Å². The lowest BCUT2D eigenvalue weighted by Gasteiger charge is -2.17. The van der Waals surface area contributed by atoms with E-state index >= 15 is 0 Å². The molecule has 0 bridgehead atoms. The van der Waals surface area contributed by atoms with Gasteiger partial charge in [0.05, 0.1) is 23.4 Å². The molecule has 1 saturated heterocycles. The number of hydrogen-bond donors (Lipinski definition) is 0. The van der Waals surface area contributed by atoms with Gasteiger partial charge in [-0.2, -0.15) is 10.3 Å². The Hall–Kier alpha value is -2.60. The molecule has 1 aliphatic rings. The summed E-state index contributed by atoms with van der Waals surface area (Å²) in [6.07, 6.45) is 5.90. The van der Waals surface area contributed by atoms with Crippen LogP contribution in [0, 0.1) is 17.2 Å². The molecule has 0 atom stereocenters. The van der Waals surface area contributed by atoms with Gasteiger partial charge in [-0.3, -0.25) is 4.52 Å². The smallest absolute Gasteiger partial charge is 0.324 e. The molecule has 0 amide bonds. The first-order valence-corrected chi connectivity index (χ1v) is 10.4. The van der Waals surface area contributed by atoms with Crippen molar-refractivity contribution in [2.24, 2.45) is 10.9 Å². The van der Waals surface area contributed by atoms with Crippen LogP contribution in [0.15, 0.2) is 32.9 Å². The SMILES string of the molecule is CC(C)Cc1ccc(C#N)c(SC/C([O-])=N\c2c[n+](N3CCCCC3)no2)n1. The summed E-state index contributed by atoms with van der Waals surface area (Å²) < 4.78 is 5.15. The Bertz CT molecular complexity index is 868. The van der Waals surface area contributed by atoms with Crippen LogP contribution in [-0.4, -0.2) is 35.0 Å². The zero-order chi connectivity index (χ0) is 19.9. The van der Waals surface area contributed by atoms with Crippen LogP contribution in [0.1, 0.15) is 44.4 Å². The van der Waals surface area contributed by atoms with Gasteiger partial charge in [-0.1, -0.05) is 25.6 Å². The number of thioether (sulfide) groups is 1. The lowest BCUT2D eigenvalue weighted by Crippen LogP contribution is -2.60. The van der Waals surface area contributed by atoms with Crippen molar-refractivity contribution in [2.75, 3.05) is 23.9 Å². The van der Waals surface area contributed by atoms with Gasteiger partial charge in [0.15, 0.2) is 0 Å². The summed E-state index contributed by atoms with van der Waals surface area (Å²) in [5, 5.41) is 28.1. The van der Waals surface area contributed by atoms with Crippen molar-refractivity contribution in [1.29, 1.82) is 5.26 Å². The van der Waals surface area contributed by atoms with Crippen molar-refractivity contribution < 1.29 is 14.4 Å². The van der Waals surface area contributed by atoms with E-state index in [0.29, 0.717) is 16.5 Å². The van der Waals surface area contributed by atoms with E-state index in [9.17, 15) is 10.4 Å². The fourth-order valence-corrected chi connectivity index (χ4v) is 3.76. The normalized spacial score (nSPS) is 15.1. The highest BCUT2D eigenvalue weighted by Crippen LogP contribution is 2.22. The number of nitriles is 1. The van der Waals surface area contributed by atoms with Crippen molar-refractivity contribution in [3.63, 3.8) is 0 Å². The molecule has 0 aliphatic carbocycles. The third-order valence-electron chi connectivity index (χ3n) is 4.29. The molecule has 1 aliphatic heterocycles. The van der Waals surface area contributed by atoms with E-state index in [1.807, 2.05) is 6.07 Å². The molecule has 3 rings (SSSR count). The van der Waals surface area contributed by atoms with Crippen LogP contribution in [0.2, 0.25) is 0 Å². The Morgan fingerprint density at radius 1 is 1.39 bits per heavy atom. The standard InChI is InChI=1S/C19H24N6O2S/c1-14(2)10-16-7-6-15(11-20)19(21-16)28-13-17(26)22-18-12-25(23-27-18)24-8-4-3-5-9-24/h6-7,12,14H,3-5,8-10,13H2,1-2H3. The summed E-state index contributed by atoms with van der Waals surface area (Å²) in [5.74, 6) is 0.370. The molecule has 3 heterocycles. The van der Waals surface area contributed by atoms with Crippen molar-refractivity contribution >= 4 is 23.5 Å². The first-order valence-electron chi connectivity index (χ1n) is 9.46. The number of nitrogens with zero attached hydrogens (tertiary/aromatic N) is 6. The number of aromatic nitrogens is 3. The lowest BCUT2D eigenvalue weighted by atomic mass is 10.1. The van der Waals surface area contributed by atoms with Gasteiger partial charge in [0.25, 0.3) is 6.20 Å². The first-order chi connectivity index (χ1) is 13.5. The monoisotopic (exact) mass is 400 g/mol. The minimum absolute atomic E-state index is 0.0806. The fourth-order valence-electron chi connectivity index (χ4n) is 2.99. The van der Waals surface area contributed by atoms with E-state index in [0.717, 1.165) is 38.0 Å². The van der Waals surface area contributed by atoms with E-state index in [4.69, 9.17) is 4.52 Å². The van der Waals surface area contributed by atoms with Crippen LogP contribution >= 0.6 is 11.8 Å². The van der Waals surface area contributed by atoms with Crippen LogP contribution in [0.5, 0.6) is 0 Å². The molecule has 2 aromatic rings. The van der Waals surface area contributed by atoms with Gasteiger partial charge in [0.2, 0.25) is 5.27 Å². The van der Waals surface area contributed by atoms with Crippen LogP contribution in [0.3, 0.4) is 0 Å². The number of piperidine rings is 1. The molecule has 1 fully saturated rings. The van der Waals surface area contributed by atoms with E-state index in [2.05, 4.69) is 40.2 Å². The maximum atomic E-state index is 12.2. The van der Waals surface area contributed by atoms with E-state index in [1.54, 1.807) is 17.1 Å². The number of aliphatic imine (C=N–C) groups is 1. The zero-order valence-electron chi connectivity index (χ0n) is 16.2. The third kappa shape index (κ3) is 5.45. The minimum Gasteiger partial charge on any atom is -0.861 e. The number of rotatable bonds is 7. The van der Waals surface area contributed by atoms with Crippen molar-refractivity contribution in [2.45, 2.75) is 44.6 Å². The Morgan fingerprint density at radius 2 is 2.18 bits per heavy atom. The second kappa shape index (κ2) is 9.55. The highest BCUT2D eigenvalue weighted by molar-refractivity contribution is 7.99. The van der Waals surface area contributed by atoms with E-state index in [-0.39, 0.29) is 17.5 Å². The minimum atomic E-state index is -0.355. The predicted molar refractivity (Wildman–Crippen MR) is 104 cm³/mol. The van der Waals surface area contributed by atoms with Gasteiger partial charge in [-0.05, 0) is 49.6 Å². The molecule has 0 radical (unpaired) electrons. The van der Waals surface area contributed by atoms with Crippen molar-refractivity contribution in [1.82, 2.24) is 10.3 Å². The predicted octanol–water partition coefficient (Wildman–Crippen LogP) is 1.73. The summed E-state index contributed by atoms with van der Waals surface area (Å²) in [6, 6.07) is 5.75. The molecule has 2 aromatic heterocycles. The zero-order valence-corrected chi connectivity index (χ0v) is 17.0. The number of hydrogen-bond acceptors (Lipinski definition) is 8. The highest BCUT2D eigenvalue weighted by Gasteiger charge is 2.22. The maximum absolute atomic E-state index is 12.2. The van der Waals surface area contributed by atoms with Crippen LogP contribution in [-0.2, 0) is 6.42 Å². The van der Waals surface area contributed by atoms with Gasteiger partial charge in [0, 0.05) is 11.4 Å². The molecule has 0 N–H and O–H groups in total. The molecule has 28 heavy (non-hydrogen) atoms. The molecule has 0 aromatic carbocycles. The van der Waals surface area contributed by atoms with E-state index < -0.39 is 0 Å². The quantitative estimate of drug-likeness (QED) is 0.302. The molecule has 8 nitrogen and oxygen atoms in total. The van der Waals surface area contributed by atoms with Crippen molar-refractivity contribution in [3.8, 4) is 6.07 Å². The Morgan fingerprint density at radius 3 is 2.89 bits per heavy atom. The van der Waals surface area contributed by atoms with E-state index in [1.165, 1.54) is 18.2 Å². The second-order valence-corrected chi connectivity index (χ2v) is 8.10. The number of pyridine rings is 1. The summed E-state index contributed by atoms with van der Waals surface area (Å²) in [7, 11) is 0. The third-order valence-corrected chi connectivity index (χ3v) is 5.27. The Balaban J connectivity index is 1.64. The van der Waals surface area contributed by atoms with Gasteiger partial charge >= 0.3 is 5.88 Å². The lowest BCUT2D eigenvalue weighted by molar-refractivity contribution is -0.759. The van der Waals surface area contributed by atoms with Crippen LogP contribution in [0.25, 0.3) is 0 Å². The van der Waals surface area contributed by atoms with Gasteiger partial charge in [-0.25, -0.2) is 9.98 Å². The van der Waals surface area contributed by atoms with Crippen LogP contribution < -0.4 is 14.9 Å². The molecule has 0 unspecified atom stereocenters. The molecular formula is C19H24N6O2S. The van der Waals surface area contributed by atoms with Crippen molar-refractivity contribution in [3.05, 3.63) is 29.6 Å². The largest absolute Gasteiger partial charge is 0.861 e. The summed E-state index contributed by atoms with van der Waals surface area (Å²) >= 11 is 1.22.